The van der Waals surface area contributed by atoms with Crippen LogP contribution in [0.4, 0.5) is 23.7 Å². The number of ketones is 1. The van der Waals surface area contributed by atoms with E-state index in [1.165, 1.54) is 6.07 Å². The molecule has 0 aliphatic heterocycles. The van der Waals surface area contributed by atoms with Gasteiger partial charge in [0.05, 0.1) is 17.7 Å². The van der Waals surface area contributed by atoms with Gasteiger partial charge in [-0.1, -0.05) is 12.1 Å². The predicted molar refractivity (Wildman–Crippen MR) is 117 cm³/mol. The predicted octanol–water partition coefficient (Wildman–Crippen LogP) is 5.27. The Morgan fingerprint density at radius 1 is 1.15 bits per heavy atom. The lowest BCUT2D eigenvalue weighted by Crippen LogP contribution is -2.36. The van der Waals surface area contributed by atoms with Gasteiger partial charge in [-0.2, -0.15) is 18.4 Å². The van der Waals surface area contributed by atoms with Crippen molar-refractivity contribution in [3.8, 4) is 6.07 Å². The van der Waals surface area contributed by atoms with Crippen LogP contribution in [0.15, 0.2) is 53.9 Å². The van der Waals surface area contributed by atoms with E-state index in [0.29, 0.717) is 16.8 Å². The number of nitrogens with one attached hydrogen (secondary N) is 2. The number of halogens is 3. The monoisotopic (exact) mass is 472 g/mol. The number of anilines is 1. The quantitative estimate of drug-likeness (QED) is 0.615. The summed E-state index contributed by atoms with van der Waals surface area (Å²) in [6.07, 6.45) is -3.99. The molecule has 0 fully saturated rings. The van der Waals surface area contributed by atoms with Gasteiger partial charge < -0.3 is 15.4 Å². The van der Waals surface area contributed by atoms with Crippen LogP contribution in [-0.4, -0.2) is 22.5 Å². The van der Waals surface area contributed by atoms with Crippen molar-refractivity contribution in [3.05, 3.63) is 70.7 Å². The zero-order valence-electron chi connectivity index (χ0n) is 18.8. The van der Waals surface area contributed by atoms with Gasteiger partial charge in [-0.05, 0) is 57.0 Å². The molecule has 1 aromatic carbocycles. The Hall–Kier alpha value is -3.87. The average Bonchev–Trinajstić information content (AvgIpc) is 3.10. The molecular weight excluding hydrogens is 449 g/mol. The number of alkyl halides is 3. The number of amides is 1. The number of pyridine rings is 1. The number of carbonyl (C=O) groups excluding carboxylic acids is 2. The molecule has 34 heavy (non-hydrogen) atoms. The number of carbonyl (C=O) groups is 2. The number of hydrogen-bond donors (Lipinski definition) is 2. The highest BCUT2D eigenvalue weighted by Crippen LogP contribution is 2.35. The van der Waals surface area contributed by atoms with E-state index in [1.54, 1.807) is 45.0 Å². The molecule has 0 radical (unpaired) electrons. The van der Waals surface area contributed by atoms with E-state index in [9.17, 15) is 22.8 Å². The minimum absolute atomic E-state index is 0.111. The number of benzene rings is 1. The fourth-order valence-corrected chi connectivity index (χ4v) is 3.48. The Morgan fingerprint density at radius 3 is 2.41 bits per heavy atom. The van der Waals surface area contributed by atoms with Crippen molar-refractivity contribution >= 4 is 17.6 Å². The summed E-state index contributed by atoms with van der Waals surface area (Å²) in [6, 6.07) is 9.57. The van der Waals surface area contributed by atoms with E-state index in [0.717, 1.165) is 12.3 Å². The lowest BCUT2D eigenvalue weighted by Gasteiger charge is -2.25. The largest absolute Gasteiger partial charge is 0.444 e. The number of rotatable bonds is 5. The highest BCUT2D eigenvalue weighted by atomic mass is 19.4. The number of Topliss-reactive ketones (excluding diaryl/α,β-unsaturated/α-hetero) is 1. The molecule has 1 aromatic heterocycles. The third-order valence-electron chi connectivity index (χ3n) is 4.90. The van der Waals surface area contributed by atoms with Gasteiger partial charge in [0.2, 0.25) is 0 Å². The van der Waals surface area contributed by atoms with Gasteiger partial charge in [-0.3, -0.25) is 9.78 Å². The molecule has 1 amide bonds. The van der Waals surface area contributed by atoms with E-state index < -0.39 is 29.6 Å². The van der Waals surface area contributed by atoms with Gasteiger partial charge >= 0.3 is 12.3 Å². The molecule has 1 atom stereocenters. The molecule has 3 rings (SSSR count). The van der Waals surface area contributed by atoms with Crippen LogP contribution >= 0.6 is 0 Å². The van der Waals surface area contributed by atoms with Gasteiger partial charge in [0.1, 0.15) is 11.3 Å². The van der Waals surface area contributed by atoms with Gasteiger partial charge in [-0.15, -0.1) is 0 Å². The van der Waals surface area contributed by atoms with Crippen molar-refractivity contribution < 1.29 is 27.5 Å². The third-order valence-corrected chi connectivity index (χ3v) is 4.90. The Balaban J connectivity index is 2.02. The molecule has 10 heteroatoms. The molecule has 0 saturated heterocycles. The lowest BCUT2D eigenvalue weighted by molar-refractivity contribution is -0.141. The van der Waals surface area contributed by atoms with Gasteiger partial charge in [0, 0.05) is 29.6 Å². The third kappa shape index (κ3) is 6.13. The highest BCUT2D eigenvalue weighted by Gasteiger charge is 2.35. The molecule has 2 N–H and O–H groups in total. The fraction of sp³-hybridized carbons (Fsp3) is 0.333. The van der Waals surface area contributed by atoms with Gasteiger partial charge in [0.25, 0.3) is 0 Å². The molecule has 178 valence electrons. The molecule has 0 bridgehead atoms. The summed E-state index contributed by atoms with van der Waals surface area (Å²) >= 11 is 0. The molecule has 1 aliphatic carbocycles. The van der Waals surface area contributed by atoms with Gasteiger partial charge in [-0.25, -0.2) is 4.79 Å². The van der Waals surface area contributed by atoms with Crippen LogP contribution in [0.25, 0.3) is 0 Å². The SMILES string of the molecule is CC(C)(C)OC(=O)NC(C1=C(Nc2ccnc(C(F)(F)F)c2)CCC1=O)c1ccc(C#N)cc1. The normalized spacial score (nSPS) is 15.0. The number of nitrogens with zero attached hydrogens (tertiary/aromatic N) is 2. The second-order valence-corrected chi connectivity index (χ2v) is 8.68. The number of ether oxygens (including phenoxy) is 1. The smallest absolute Gasteiger partial charge is 0.433 e. The van der Waals surface area contributed by atoms with Crippen LogP contribution in [0, 0.1) is 11.3 Å². The summed E-state index contributed by atoms with van der Waals surface area (Å²) in [7, 11) is 0. The van der Waals surface area contributed by atoms with Crippen LogP contribution < -0.4 is 10.6 Å². The van der Waals surface area contributed by atoms with Crippen molar-refractivity contribution in [2.24, 2.45) is 0 Å². The molecule has 1 heterocycles. The van der Waals surface area contributed by atoms with E-state index in [4.69, 9.17) is 10.00 Å². The first kappa shape index (κ1) is 24.8. The van der Waals surface area contributed by atoms with Gasteiger partial charge in [0.15, 0.2) is 5.78 Å². The molecule has 7 nitrogen and oxygen atoms in total. The Morgan fingerprint density at radius 2 is 1.82 bits per heavy atom. The summed E-state index contributed by atoms with van der Waals surface area (Å²) in [5, 5.41) is 14.7. The first-order valence-corrected chi connectivity index (χ1v) is 10.4. The summed E-state index contributed by atoms with van der Waals surface area (Å²) in [5.74, 6) is -0.266. The maximum atomic E-state index is 13.1. The lowest BCUT2D eigenvalue weighted by atomic mass is 9.95. The number of alkyl carbamates (subject to hydrolysis) is 1. The zero-order chi connectivity index (χ0) is 25.1. The minimum Gasteiger partial charge on any atom is -0.444 e. The molecule has 1 unspecified atom stereocenters. The van der Waals surface area contributed by atoms with Crippen molar-refractivity contribution in [1.29, 1.82) is 5.26 Å². The summed E-state index contributed by atoms with van der Waals surface area (Å²) in [5.41, 5.74) is -0.253. The summed E-state index contributed by atoms with van der Waals surface area (Å²) in [6.45, 7) is 5.08. The maximum absolute atomic E-state index is 13.1. The molecule has 1 aliphatic rings. The summed E-state index contributed by atoms with van der Waals surface area (Å²) in [4.78, 5) is 28.8. The van der Waals surface area contributed by atoms with Crippen molar-refractivity contribution in [1.82, 2.24) is 10.3 Å². The first-order chi connectivity index (χ1) is 15.9. The van der Waals surface area contributed by atoms with Crippen molar-refractivity contribution in [2.45, 2.75) is 51.4 Å². The number of aromatic nitrogens is 1. The summed E-state index contributed by atoms with van der Waals surface area (Å²) < 4.78 is 44.6. The van der Waals surface area contributed by atoms with E-state index in [1.807, 2.05) is 6.07 Å². The van der Waals surface area contributed by atoms with E-state index in [-0.39, 0.29) is 29.9 Å². The Bertz CT molecular complexity index is 1160. The van der Waals surface area contributed by atoms with Crippen LogP contribution in [0.5, 0.6) is 0 Å². The number of allylic oxidation sites excluding steroid dienone is 1. The standard InChI is InChI=1S/C24H23F3N4O3/c1-23(2,3)34-22(33)31-21(15-6-4-14(13-28)5-7-15)20-17(8-9-18(20)32)30-16-10-11-29-19(12-16)24(25,26)27/h4-7,10-12,21H,8-9H2,1-3H3,(H,29,30)(H,31,33). The fourth-order valence-electron chi connectivity index (χ4n) is 3.48. The topological polar surface area (TPSA) is 104 Å². The molecule has 0 spiro atoms. The maximum Gasteiger partial charge on any atom is 0.433 e. The van der Waals surface area contributed by atoms with Crippen molar-refractivity contribution in [2.75, 3.05) is 5.32 Å². The molecular formula is C24H23F3N4O3. The Labute approximate surface area is 194 Å². The highest BCUT2D eigenvalue weighted by molar-refractivity contribution is 6.01. The number of hydrogen-bond acceptors (Lipinski definition) is 6. The molecule has 0 saturated carbocycles. The van der Waals surface area contributed by atoms with Crippen molar-refractivity contribution in [3.63, 3.8) is 0 Å². The number of nitriles is 1. The van der Waals surface area contributed by atoms with Crippen LogP contribution in [0.3, 0.4) is 0 Å². The second-order valence-electron chi connectivity index (χ2n) is 8.68. The van der Waals surface area contributed by atoms with Crippen LogP contribution in [-0.2, 0) is 15.7 Å². The minimum atomic E-state index is -4.62. The van der Waals surface area contributed by atoms with E-state index in [2.05, 4.69) is 15.6 Å². The van der Waals surface area contributed by atoms with E-state index >= 15 is 0 Å². The zero-order valence-corrected chi connectivity index (χ0v) is 18.8. The average molecular weight is 472 g/mol. The molecule has 2 aromatic rings. The first-order valence-electron chi connectivity index (χ1n) is 10.4. The Kier molecular flexibility index (Phi) is 6.96. The second kappa shape index (κ2) is 9.55. The van der Waals surface area contributed by atoms with Crippen LogP contribution in [0.1, 0.15) is 56.5 Å². The van der Waals surface area contributed by atoms with Crippen LogP contribution in [0.2, 0.25) is 0 Å².